The van der Waals surface area contributed by atoms with Crippen LogP contribution in [-0.2, 0) is 28.0 Å². The fourth-order valence-corrected chi connectivity index (χ4v) is 4.19. The lowest BCUT2D eigenvalue weighted by Gasteiger charge is -2.31. The molecular weight excluding hydrogens is 472 g/mol. The summed E-state index contributed by atoms with van der Waals surface area (Å²) in [5.41, 5.74) is 2.73. The number of amides is 2. The second-order valence-electron chi connectivity index (χ2n) is 9.78. The second kappa shape index (κ2) is 12.6. The molecule has 5 nitrogen and oxygen atoms in total. The molecule has 0 fully saturated rings. The summed E-state index contributed by atoms with van der Waals surface area (Å²) in [6.07, 6.45) is 0.393. The molecule has 6 heteroatoms. The Morgan fingerprint density at radius 1 is 0.917 bits per heavy atom. The summed E-state index contributed by atoms with van der Waals surface area (Å²) in [7, 11) is 0. The van der Waals surface area contributed by atoms with Crippen LogP contribution in [0.15, 0.2) is 78.9 Å². The SMILES string of the molecule is CCNC(=O)[C@@H](Cc1ccccc1)N(Cc1ccc(Cl)cc1)C(=O)COc1ccccc1C(C)(C)C. The smallest absolute Gasteiger partial charge is 0.261 e. The summed E-state index contributed by atoms with van der Waals surface area (Å²) in [4.78, 5) is 28.5. The summed E-state index contributed by atoms with van der Waals surface area (Å²) in [5, 5.41) is 3.52. The van der Waals surface area contributed by atoms with Gasteiger partial charge in [0.05, 0.1) is 0 Å². The number of likely N-dealkylation sites (N-methyl/N-ethyl adjacent to an activating group) is 1. The summed E-state index contributed by atoms with van der Waals surface area (Å²) in [5.74, 6) is 0.210. The zero-order valence-corrected chi connectivity index (χ0v) is 22.2. The molecule has 0 bridgehead atoms. The standard InChI is InChI=1S/C30H35ClN2O3/c1-5-32-29(35)26(19-22-11-7-6-8-12-22)33(20-23-15-17-24(31)18-16-23)28(34)21-36-27-14-10-9-13-25(27)30(2,3)4/h6-18,26H,5,19-21H2,1-4H3,(H,32,35)/t26-/m1/s1. The largest absolute Gasteiger partial charge is 0.483 e. The maximum absolute atomic E-state index is 13.7. The average Bonchev–Trinajstić information content (AvgIpc) is 2.86. The summed E-state index contributed by atoms with van der Waals surface area (Å²) in [6.45, 7) is 8.75. The van der Waals surface area contributed by atoms with Gasteiger partial charge in [-0.1, -0.05) is 93.0 Å². The van der Waals surface area contributed by atoms with Crippen molar-refractivity contribution < 1.29 is 14.3 Å². The minimum absolute atomic E-state index is 0.139. The molecular formula is C30H35ClN2O3. The van der Waals surface area contributed by atoms with Crippen molar-refractivity contribution in [3.05, 3.63) is 101 Å². The van der Waals surface area contributed by atoms with E-state index in [1.54, 1.807) is 17.0 Å². The van der Waals surface area contributed by atoms with Gasteiger partial charge in [-0.25, -0.2) is 0 Å². The van der Waals surface area contributed by atoms with E-state index in [-0.39, 0.29) is 30.4 Å². The first-order valence-corrected chi connectivity index (χ1v) is 12.6. The highest BCUT2D eigenvalue weighted by molar-refractivity contribution is 6.30. The zero-order chi connectivity index (χ0) is 26.1. The van der Waals surface area contributed by atoms with Gasteiger partial charge >= 0.3 is 0 Å². The number of nitrogens with zero attached hydrogens (tertiary/aromatic N) is 1. The molecule has 1 N–H and O–H groups in total. The third-order valence-corrected chi connectivity index (χ3v) is 6.19. The summed E-state index contributed by atoms with van der Waals surface area (Å²) < 4.78 is 6.06. The summed E-state index contributed by atoms with van der Waals surface area (Å²) in [6, 6.07) is 24.1. The lowest BCUT2D eigenvalue weighted by molar-refractivity contribution is -0.142. The van der Waals surface area contributed by atoms with Crippen molar-refractivity contribution in [3.8, 4) is 5.75 Å². The molecule has 36 heavy (non-hydrogen) atoms. The highest BCUT2D eigenvalue weighted by Crippen LogP contribution is 2.31. The molecule has 0 aliphatic heterocycles. The Bertz CT molecular complexity index is 1140. The first-order valence-electron chi connectivity index (χ1n) is 12.3. The predicted molar refractivity (Wildman–Crippen MR) is 145 cm³/mol. The van der Waals surface area contributed by atoms with Gasteiger partial charge in [0, 0.05) is 24.5 Å². The van der Waals surface area contributed by atoms with E-state index in [9.17, 15) is 9.59 Å². The van der Waals surface area contributed by atoms with E-state index in [2.05, 4.69) is 26.1 Å². The maximum atomic E-state index is 13.7. The second-order valence-corrected chi connectivity index (χ2v) is 10.2. The normalized spacial score (nSPS) is 12.0. The topological polar surface area (TPSA) is 58.6 Å². The van der Waals surface area contributed by atoms with Crippen molar-refractivity contribution in [1.29, 1.82) is 0 Å². The van der Waals surface area contributed by atoms with Gasteiger partial charge in [-0.05, 0) is 47.2 Å². The Hall–Kier alpha value is -3.31. The predicted octanol–water partition coefficient (Wildman–Crippen LogP) is 5.79. The molecule has 3 rings (SSSR count). The Labute approximate surface area is 219 Å². The zero-order valence-electron chi connectivity index (χ0n) is 21.5. The van der Waals surface area contributed by atoms with Crippen molar-refractivity contribution in [2.75, 3.05) is 13.2 Å². The van der Waals surface area contributed by atoms with Crippen molar-refractivity contribution in [1.82, 2.24) is 10.2 Å². The Morgan fingerprint density at radius 3 is 2.19 bits per heavy atom. The molecule has 1 atom stereocenters. The van der Waals surface area contributed by atoms with E-state index in [0.717, 1.165) is 16.7 Å². The van der Waals surface area contributed by atoms with Crippen LogP contribution in [0.25, 0.3) is 0 Å². The third-order valence-electron chi connectivity index (χ3n) is 5.93. The van der Waals surface area contributed by atoms with Crippen molar-refractivity contribution >= 4 is 23.4 Å². The number of carbonyl (C=O) groups is 2. The molecule has 0 aromatic heterocycles. The molecule has 3 aromatic rings. The first kappa shape index (κ1) is 27.3. The van der Waals surface area contributed by atoms with Gasteiger partial charge < -0.3 is 15.0 Å². The van der Waals surface area contributed by atoms with Crippen molar-refractivity contribution in [2.24, 2.45) is 0 Å². The van der Waals surface area contributed by atoms with Crippen LogP contribution < -0.4 is 10.1 Å². The number of nitrogens with one attached hydrogen (secondary N) is 1. The highest BCUT2D eigenvalue weighted by atomic mass is 35.5. The number of hydrogen-bond acceptors (Lipinski definition) is 3. The van der Waals surface area contributed by atoms with E-state index in [4.69, 9.17) is 16.3 Å². The number of para-hydroxylation sites is 1. The van der Waals surface area contributed by atoms with Crippen LogP contribution in [0, 0.1) is 0 Å². The molecule has 0 unspecified atom stereocenters. The van der Waals surface area contributed by atoms with E-state index in [1.807, 2.05) is 73.7 Å². The molecule has 0 saturated carbocycles. The van der Waals surface area contributed by atoms with E-state index in [0.29, 0.717) is 23.7 Å². The van der Waals surface area contributed by atoms with Crippen LogP contribution >= 0.6 is 11.6 Å². The lowest BCUT2D eigenvalue weighted by Crippen LogP contribution is -2.51. The monoisotopic (exact) mass is 506 g/mol. The quantitative estimate of drug-likeness (QED) is 0.378. The van der Waals surface area contributed by atoms with Crippen LogP contribution in [0.1, 0.15) is 44.4 Å². The van der Waals surface area contributed by atoms with Crippen LogP contribution in [0.5, 0.6) is 5.75 Å². The third kappa shape index (κ3) is 7.59. The number of benzene rings is 3. The van der Waals surface area contributed by atoms with Crippen LogP contribution in [0.3, 0.4) is 0 Å². The van der Waals surface area contributed by atoms with Gasteiger partial charge in [0.1, 0.15) is 11.8 Å². The Balaban J connectivity index is 1.91. The fourth-order valence-electron chi connectivity index (χ4n) is 4.07. The van der Waals surface area contributed by atoms with E-state index < -0.39 is 6.04 Å². The first-order chi connectivity index (χ1) is 17.2. The van der Waals surface area contributed by atoms with Crippen LogP contribution in [0.2, 0.25) is 5.02 Å². The van der Waals surface area contributed by atoms with Gasteiger partial charge in [-0.3, -0.25) is 9.59 Å². The molecule has 2 amide bonds. The number of halogens is 1. The minimum Gasteiger partial charge on any atom is -0.483 e. The van der Waals surface area contributed by atoms with Gasteiger partial charge in [0.2, 0.25) is 5.91 Å². The van der Waals surface area contributed by atoms with E-state index >= 15 is 0 Å². The Morgan fingerprint density at radius 2 is 1.56 bits per heavy atom. The molecule has 190 valence electrons. The number of ether oxygens (including phenoxy) is 1. The molecule has 0 aliphatic rings. The van der Waals surface area contributed by atoms with Crippen LogP contribution in [0.4, 0.5) is 0 Å². The van der Waals surface area contributed by atoms with Gasteiger partial charge in [0.25, 0.3) is 5.91 Å². The van der Waals surface area contributed by atoms with E-state index in [1.165, 1.54) is 0 Å². The summed E-state index contributed by atoms with van der Waals surface area (Å²) >= 11 is 6.08. The van der Waals surface area contributed by atoms with Gasteiger partial charge in [-0.15, -0.1) is 0 Å². The average molecular weight is 507 g/mol. The van der Waals surface area contributed by atoms with Gasteiger partial charge in [0.15, 0.2) is 6.61 Å². The lowest BCUT2D eigenvalue weighted by atomic mass is 9.86. The molecule has 0 aliphatic carbocycles. The van der Waals surface area contributed by atoms with Crippen molar-refractivity contribution in [3.63, 3.8) is 0 Å². The highest BCUT2D eigenvalue weighted by Gasteiger charge is 2.31. The maximum Gasteiger partial charge on any atom is 0.261 e. The molecule has 3 aromatic carbocycles. The van der Waals surface area contributed by atoms with Crippen LogP contribution in [-0.4, -0.2) is 35.9 Å². The molecule has 0 saturated heterocycles. The van der Waals surface area contributed by atoms with Crippen molar-refractivity contribution in [2.45, 2.75) is 52.1 Å². The fraction of sp³-hybridized carbons (Fsp3) is 0.333. The Kier molecular flexibility index (Phi) is 9.54. The number of carbonyl (C=O) groups excluding carboxylic acids is 2. The molecule has 0 heterocycles. The molecule has 0 spiro atoms. The molecule has 0 radical (unpaired) electrons. The minimum atomic E-state index is -0.697. The number of rotatable bonds is 10. The number of hydrogen-bond donors (Lipinski definition) is 1. The van der Waals surface area contributed by atoms with Gasteiger partial charge in [-0.2, -0.15) is 0 Å².